The zero-order valence-electron chi connectivity index (χ0n) is 12.6. The van der Waals surface area contributed by atoms with Crippen LogP contribution in [0.5, 0.6) is 5.75 Å². The van der Waals surface area contributed by atoms with Crippen molar-refractivity contribution >= 4 is 11.8 Å². The van der Waals surface area contributed by atoms with Gasteiger partial charge in [0.05, 0.1) is 7.11 Å². The number of nitrogens with zero attached hydrogens (tertiary/aromatic N) is 2. The molecule has 1 heterocycles. The van der Waals surface area contributed by atoms with Crippen molar-refractivity contribution in [1.29, 1.82) is 0 Å². The number of methoxy groups -OCH3 is 1. The van der Waals surface area contributed by atoms with Gasteiger partial charge in [-0.3, -0.25) is 0 Å². The Morgan fingerprint density at radius 2 is 1.86 bits per heavy atom. The molecule has 2 aromatic rings. The van der Waals surface area contributed by atoms with Gasteiger partial charge in [-0.05, 0) is 36.6 Å². The third kappa shape index (κ3) is 4.95. The van der Waals surface area contributed by atoms with E-state index in [1.807, 2.05) is 18.2 Å². The zero-order valence-corrected chi connectivity index (χ0v) is 12.6. The van der Waals surface area contributed by atoms with Gasteiger partial charge in [-0.25, -0.2) is 4.98 Å². The highest BCUT2D eigenvalue weighted by Crippen LogP contribution is 2.12. The first-order chi connectivity index (χ1) is 10.3. The second kappa shape index (κ2) is 8.09. The van der Waals surface area contributed by atoms with E-state index in [1.54, 1.807) is 13.3 Å². The number of hydrogen-bond donors (Lipinski definition) is 2. The molecule has 0 bridgehead atoms. The molecule has 2 N–H and O–H groups in total. The van der Waals surface area contributed by atoms with Gasteiger partial charge >= 0.3 is 0 Å². The van der Waals surface area contributed by atoms with Gasteiger partial charge in [0.15, 0.2) is 0 Å². The van der Waals surface area contributed by atoms with Crippen LogP contribution in [0.2, 0.25) is 0 Å². The minimum absolute atomic E-state index is 0.657. The number of anilines is 2. The number of rotatable bonds is 8. The number of aromatic nitrogens is 2. The molecule has 0 amide bonds. The average molecular weight is 286 g/mol. The fourth-order valence-corrected chi connectivity index (χ4v) is 1.91. The monoisotopic (exact) mass is 286 g/mol. The summed E-state index contributed by atoms with van der Waals surface area (Å²) in [6, 6.07) is 9.97. The van der Waals surface area contributed by atoms with Crippen molar-refractivity contribution in [2.75, 3.05) is 30.8 Å². The predicted octanol–water partition coefficient (Wildman–Crippen LogP) is 2.96. The largest absolute Gasteiger partial charge is 0.497 e. The summed E-state index contributed by atoms with van der Waals surface area (Å²) in [7, 11) is 1.67. The Bertz CT molecular complexity index is 542. The molecular weight excluding hydrogens is 264 g/mol. The first-order valence-corrected chi connectivity index (χ1v) is 7.25. The van der Waals surface area contributed by atoms with Crippen LogP contribution in [0.3, 0.4) is 0 Å². The molecule has 0 aliphatic carbocycles. The van der Waals surface area contributed by atoms with E-state index in [0.717, 1.165) is 37.5 Å². The molecule has 0 unspecified atom stereocenters. The standard InChI is InChI=1S/C16H22N4O/c1-3-10-17-15-9-12-19-16(20-15)18-11-8-13-4-6-14(21-2)7-5-13/h4-7,9,12H,3,8,10-11H2,1-2H3,(H2,17,18,19,20). The van der Waals surface area contributed by atoms with Crippen molar-refractivity contribution in [2.24, 2.45) is 0 Å². The Morgan fingerprint density at radius 1 is 1.05 bits per heavy atom. The van der Waals surface area contributed by atoms with E-state index in [2.05, 4.69) is 39.7 Å². The molecular formula is C16H22N4O. The van der Waals surface area contributed by atoms with Crippen molar-refractivity contribution in [3.8, 4) is 5.75 Å². The quantitative estimate of drug-likeness (QED) is 0.781. The third-order valence-electron chi connectivity index (χ3n) is 3.07. The van der Waals surface area contributed by atoms with Crippen LogP contribution in [0, 0.1) is 0 Å². The summed E-state index contributed by atoms with van der Waals surface area (Å²) in [6.45, 7) is 3.84. The molecule has 5 heteroatoms. The lowest BCUT2D eigenvalue weighted by molar-refractivity contribution is 0.414. The van der Waals surface area contributed by atoms with Crippen LogP contribution in [0.1, 0.15) is 18.9 Å². The lowest BCUT2D eigenvalue weighted by Crippen LogP contribution is -2.09. The molecule has 1 aromatic heterocycles. The maximum Gasteiger partial charge on any atom is 0.224 e. The van der Waals surface area contributed by atoms with Gasteiger partial charge in [0.25, 0.3) is 0 Å². The van der Waals surface area contributed by atoms with Crippen LogP contribution in [0.15, 0.2) is 36.5 Å². The van der Waals surface area contributed by atoms with E-state index < -0.39 is 0 Å². The Kier molecular flexibility index (Phi) is 5.82. The van der Waals surface area contributed by atoms with Crippen LogP contribution in [0.4, 0.5) is 11.8 Å². The van der Waals surface area contributed by atoms with Crippen molar-refractivity contribution in [3.63, 3.8) is 0 Å². The molecule has 2 rings (SSSR count). The predicted molar refractivity (Wildman–Crippen MR) is 86.0 cm³/mol. The van der Waals surface area contributed by atoms with Gasteiger partial charge in [-0.15, -0.1) is 0 Å². The summed E-state index contributed by atoms with van der Waals surface area (Å²) in [5.41, 5.74) is 1.25. The third-order valence-corrected chi connectivity index (χ3v) is 3.07. The fraction of sp³-hybridized carbons (Fsp3) is 0.375. The molecule has 21 heavy (non-hydrogen) atoms. The topological polar surface area (TPSA) is 59.1 Å². The summed E-state index contributed by atoms with van der Waals surface area (Å²) < 4.78 is 5.15. The first-order valence-electron chi connectivity index (χ1n) is 7.25. The number of benzene rings is 1. The summed E-state index contributed by atoms with van der Waals surface area (Å²) in [5, 5.41) is 6.50. The highest BCUT2D eigenvalue weighted by Gasteiger charge is 1.99. The van der Waals surface area contributed by atoms with Crippen molar-refractivity contribution < 1.29 is 4.74 Å². The van der Waals surface area contributed by atoms with Gasteiger partial charge in [0.2, 0.25) is 5.95 Å². The highest BCUT2D eigenvalue weighted by molar-refractivity contribution is 5.39. The van der Waals surface area contributed by atoms with Crippen LogP contribution in [0.25, 0.3) is 0 Å². The molecule has 0 saturated heterocycles. The van der Waals surface area contributed by atoms with E-state index in [4.69, 9.17) is 4.74 Å². The average Bonchev–Trinajstić information content (AvgIpc) is 2.54. The molecule has 0 radical (unpaired) electrons. The lowest BCUT2D eigenvalue weighted by Gasteiger charge is -2.08. The van der Waals surface area contributed by atoms with E-state index in [-0.39, 0.29) is 0 Å². The van der Waals surface area contributed by atoms with Crippen molar-refractivity contribution in [3.05, 3.63) is 42.1 Å². The molecule has 0 fully saturated rings. The second-order valence-electron chi connectivity index (χ2n) is 4.72. The summed E-state index contributed by atoms with van der Waals surface area (Å²) in [6.07, 6.45) is 3.75. The number of hydrogen-bond acceptors (Lipinski definition) is 5. The van der Waals surface area contributed by atoms with Crippen molar-refractivity contribution in [1.82, 2.24) is 9.97 Å². The van der Waals surface area contributed by atoms with Crippen LogP contribution in [-0.2, 0) is 6.42 Å². The number of ether oxygens (including phenoxy) is 1. The smallest absolute Gasteiger partial charge is 0.224 e. The van der Waals surface area contributed by atoms with E-state index in [1.165, 1.54) is 5.56 Å². The Balaban J connectivity index is 1.82. The minimum Gasteiger partial charge on any atom is -0.497 e. The normalized spacial score (nSPS) is 10.2. The maximum absolute atomic E-state index is 5.15. The van der Waals surface area contributed by atoms with E-state index in [9.17, 15) is 0 Å². The van der Waals surface area contributed by atoms with Gasteiger partial charge < -0.3 is 15.4 Å². The van der Waals surface area contributed by atoms with Gasteiger partial charge in [-0.1, -0.05) is 19.1 Å². The van der Waals surface area contributed by atoms with Gasteiger partial charge in [0, 0.05) is 19.3 Å². The van der Waals surface area contributed by atoms with Crippen LogP contribution < -0.4 is 15.4 Å². The molecule has 0 saturated carbocycles. The van der Waals surface area contributed by atoms with E-state index in [0.29, 0.717) is 5.95 Å². The van der Waals surface area contributed by atoms with Crippen LogP contribution in [-0.4, -0.2) is 30.2 Å². The van der Waals surface area contributed by atoms with Crippen LogP contribution >= 0.6 is 0 Å². The minimum atomic E-state index is 0.657. The number of nitrogens with one attached hydrogen (secondary N) is 2. The SMILES string of the molecule is CCCNc1ccnc(NCCc2ccc(OC)cc2)n1. The molecule has 0 aliphatic rings. The molecule has 112 valence electrons. The summed E-state index contributed by atoms with van der Waals surface area (Å²) >= 11 is 0. The Morgan fingerprint density at radius 3 is 2.57 bits per heavy atom. The lowest BCUT2D eigenvalue weighted by atomic mass is 10.1. The molecule has 0 spiro atoms. The maximum atomic E-state index is 5.15. The fourth-order valence-electron chi connectivity index (χ4n) is 1.91. The molecule has 1 aromatic carbocycles. The first kappa shape index (κ1) is 15.1. The zero-order chi connectivity index (χ0) is 14.9. The summed E-state index contributed by atoms with van der Waals surface area (Å²) in [4.78, 5) is 8.64. The Labute approximate surface area is 125 Å². The van der Waals surface area contributed by atoms with Crippen molar-refractivity contribution in [2.45, 2.75) is 19.8 Å². The van der Waals surface area contributed by atoms with Gasteiger partial charge in [0.1, 0.15) is 11.6 Å². The van der Waals surface area contributed by atoms with Gasteiger partial charge in [-0.2, -0.15) is 4.98 Å². The molecule has 5 nitrogen and oxygen atoms in total. The van der Waals surface area contributed by atoms with E-state index >= 15 is 0 Å². The molecule has 0 aliphatic heterocycles. The summed E-state index contributed by atoms with van der Waals surface area (Å²) in [5.74, 6) is 2.40. The highest BCUT2D eigenvalue weighted by atomic mass is 16.5. The molecule has 0 atom stereocenters. The second-order valence-corrected chi connectivity index (χ2v) is 4.72. The Hall–Kier alpha value is -2.30.